The number of carbonyl (C=O) groups excluding carboxylic acids is 1. The first-order valence-corrected chi connectivity index (χ1v) is 8.63. The van der Waals surface area contributed by atoms with Gasteiger partial charge in [0.05, 0.1) is 6.04 Å². The number of carbonyl (C=O) groups is 2. The quantitative estimate of drug-likeness (QED) is 0.656. The monoisotopic (exact) mass is 376 g/mol. The molecule has 7 heteroatoms. The van der Waals surface area contributed by atoms with Crippen molar-refractivity contribution < 1.29 is 23.5 Å². The number of nitrogens with one attached hydrogen (secondary N) is 2. The van der Waals surface area contributed by atoms with Crippen LogP contribution in [0.1, 0.15) is 36.9 Å². The number of hydrogen-bond acceptors (Lipinski definition) is 2. The van der Waals surface area contributed by atoms with Crippen LogP contribution in [0.15, 0.2) is 48.5 Å². The van der Waals surface area contributed by atoms with Gasteiger partial charge >= 0.3 is 12.0 Å². The van der Waals surface area contributed by atoms with Gasteiger partial charge in [-0.1, -0.05) is 36.4 Å². The van der Waals surface area contributed by atoms with Gasteiger partial charge < -0.3 is 15.7 Å². The topological polar surface area (TPSA) is 78.4 Å². The summed E-state index contributed by atoms with van der Waals surface area (Å²) in [6.07, 6.45) is 0.650. The van der Waals surface area contributed by atoms with E-state index in [2.05, 4.69) is 10.6 Å². The number of rotatable bonds is 8. The van der Waals surface area contributed by atoms with Gasteiger partial charge in [-0.05, 0) is 31.4 Å². The lowest BCUT2D eigenvalue weighted by molar-refractivity contribution is -0.137. The van der Waals surface area contributed by atoms with E-state index < -0.39 is 35.7 Å². The molecule has 3 N–H and O–H groups in total. The molecule has 0 aliphatic heterocycles. The van der Waals surface area contributed by atoms with E-state index in [-0.39, 0.29) is 18.4 Å². The highest BCUT2D eigenvalue weighted by Gasteiger charge is 2.18. The van der Waals surface area contributed by atoms with Crippen LogP contribution in [0.3, 0.4) is 0 Å². The van der Waals surface area contributed by atoms with Crippen LogP contribution in [0.2, 0.25) is 0 Å². The highest BCUT2D eigenvalue weighted by molar-refractivity contribution is 5.75. The van der Waals surface area contributed by atoms with E-state index in [0.717, 1.165) is 17.7 Å². The maximum Gasteiger partial charge on any atom is 0.315 e. The molecule has 0 radical (unpaired) electrons. The third-order valence-electron chi connectivity index (χ3n) is 4.14. The summed E-state index contributed by atoms with van der Waals surface area (Å²) in [6, 6.07) is 10.9. The lowest BCUT2D eigenvalue weighted by Gasteiger charge is -2.21. The number of benzene rings is 2. The second-order valence-electron chi connectivity index (χ2n) is 6.32. The molecule has 0 spiro atoms. The van der Waals surface area contributed by atoms with Gasteiger partial charge in [0.25, 0.3) is 0 Å². The molecular formula is C20H22F2N2O3. The molecule has 0 bridgehead atoms. The minimum atomic E-state index is -0.947. The average molecular weight is 376 g/mol. The molecule has 2 unspecified atom stereocenters. The van der Waals surface area contributed by atoms with Gasteiger partial charge in [-0.25, -0.2) is 13.6 Å². The predicted octanol–water partition coefficient (Wildman–Crippen LogP) is 3.80. The van der Waals surface area contributed by atoms with Gasteiger partial charge in [0.15, 0.2) is 0 Å². The van der Waals surface area contributed by atoms with Crippen LogP contribution in [-0.4, -0.2) is 23.1 Å². The third-order valence-corrected chi connectivity index (χ3v) is 4.14. The Labute approximate surface area is 156 Å². The van der Waals surface area contributed by atoms with E-state index in [1.165, 1.54) is 6.07 Å². The number of halogens is 2. The third kappa shape index (κ3) is 6.69. The molecule has 5 nitrogen and oxygen atoms in total. The number of hydrogen-bond donors (Lipinski definition) is 3. The number of carboxylic acids is 1. The second-order valence-corrected chi connectivity index (χ2v) is 6.32. The van der Waals surface area contributed by atoms with Crippen LogP contribution in [0, 0.1) is 11.6 Å². The molecule has 144 valence electrons. The van der Waals surface area contributed by atoms with E-state index >= 15 is 0 Å². The zero-order chi connectivity index (χ0) is 19.8. The zero-order valence-corrected chi connectivity index (χ0v) is 14.9. The van der Waals surface area contributed by atoms with Crippen LogP contribution in [-0.2, 0) is 11.2 Å². The zero-order valence-electron chi connectivity index (χ0n) is 14.9. The fourth-order valence-electron chi connectivity index (χ4n) is 2.78. The Morgan fingerprint density at radius 1 is 1.07 bits per heavy atom. The predicted molar refractivity (Wildman–Crippen MR) is 97.2 cm³/mol. The van der Waals surface area contributed by atoms with Crippen molar-refractivity contribution in [1.29, 1.82) is 0 Å². The van der Waals surface area contributed by atoms with Gasteiger partial charge in [0.2, 0.25) is 0 Å². The van der Waals surface area contributed by atoms with Gasteiger partial charge in [0, 0.05) is 24.1 Å². The van der Waals surface area contributed by atoms with Crippen LogP contribution < -0.4 is 10.6 Å². The molecule has 0 aliphatic carbocycles. The van der Waals surface area contributed by atoms with Crippen LogP contribution in [0.25, 0.3) is 0 Å². The van der Waals surface area contributed by atoms with Crippen molar-refractivity contribution in [2.75, 3.05) is 0 Å². The molecule has 0 fully saturated rings. The van der Waals surface area contributed by atoms with Crippen LogP contribution >= 0.6 is 0 Å². The largest absolute Gasteiger partial charge is 0.481 e. The normalized spacial score (nSPS) is 12.9. The van der Waals surface area contributed by atoms with E-state index in [4.69, 9.17) is 5.11 Å². The molecule has 0 saturated carbocycles. The van der Waals surface area contributed by atoms with E-state index in [1.807, 2.05) is 30.3 Å². The van der Waals surface area contributed by atoms with Gasteiger partial charge in [-0.3, -0.25) is 4.79 Å². The lowest BCUT2D eigenvalue weighted by Crippen LogP contribution is -2.44. The Hall–Kier alpha value is -2.96. The maximum atomic E-state index is 13.8. The minimum absolute atomic E-state index is 0.0834. The van der Waals surface area contributed by atoms with E-state index in [9.17, 15) is 18.4 Å². The number of carboxylic acid groups (broad SMARTS) is 1. The Morgan fingerprint density at radius 3 is 2.41 bits per heavy atom. The Kier molecular flexibility index (Phi) is 7.28. The summed E-state index contributed by atoms with van der Waals surface area (Å²) >= 11 is 0. The molecule has 2 amide bonds. The Morgan fingerprint density at radius 2 is 1.78 bits per heavy atom. The average Bonchev–Trinajstić information content (AvgIpc) is 2.60. The van der Waals surface area contributed by atoms with Crippen molar-refractivity contribution in [3.8, 4) is 0 Å². The minimum Gasteiger partial charge on any atom is -0.481 e. The first-order valence-electron chi connectivity index (χ1n) is 8.63. The summed E-state index contributed by atoms with van der Waals surface area (Å²) in [6.45, 7) is 1.58. The van der Waals surface area contributed by atoms with Crippen LogP contribution in [0.4, 0.5) is 13.6 Å². The van der Waals surface area contributed by atoms with Crippen molar-refractivity contribution in [1.82, 2.24) is 10.6 Å². The maximum absolute atomic E-state index is 13.8. The standard InChI is InChI=1S/C20H22F2N2O3/c1-13(17-9-7-15(21)12-18(17)22)23-20(27)24-16(8-10-19(25)26)11-14-5-3-2-4-6-14/h2-7,9,12-13,16H,8,10-11H2,1H3,(H,25,26)(H2,23,24,27). The van der Waals surface area contributed by atoms with Crippen molar-refractivity contribution >= 4 is 12.0 Å². The Bertz CT molecular complexity index is 784. The summed E-state index contributed by atoms with van der Waals surface area (Å²) in [5.74, 6) is -2.38. The highest BCUT2D eigenvalue weighted by atomic mass is 19.1. The lowest BCUT2D eigenvalue weighted by atomic mass is 10.0. The number of aliphatic carboxylic acids is 1. The van der Waals surface area contributed by atoms with Gasteiger partial charge in [0.1, 0.15) is 11.6 Å². The summed E-state index contributed by atoms with van der Waals surface area (Å²) in [5, 5.41) is 14.3. The Balaban J connectivity index is 1.99. The summed E-state index contributed by atoms with van der Waals surface area (Å²) in [5.41, 5.74) is 1.13. The molecule has 2 atom stereocenters. The molecular weight excluding hydrogens is 354 g/mol. The second kappa shape index (κ2) is 9.66. The molecule has 0 aliphatic rings. The van der Waals surface area contributed by atoms with E-state index in [1.54, 1.807) is 6.92 Å². The van der Waals surface area contributed by atoms with Crippen molar-refractivity contribution in [3.63, 3.8) is 0 Å². The number of urea groups is 1. The van der Waals surface area contributed by atoms with Crippen LogP contribution in [0.5, 0.6) is 0 Å². The van der Waals surface area contributed by atoms with Crippen molar-refractivity contribution in [2.24, 2.45) is 0 Å². The van der Waals surface area contributed by atoms with Crippen molar-refractivity contribution in [3.05, 3.63) is 71.3 Å². The molecule has 0 saturated heterocycles. The smallest absolute Gasteiger partial charge is 0.315 e. The van der Waals surface area contributed by atoms with Crippen molar-refractivity contribution in [2.45, 2.75) is 38.3 Å². The summed E-state index contributed by atoms with van der Waals surface area (Å²) < 4.78 is 26.8. The highest BCUT2D eigenvalue weighted by Crippen LogP contribution is 2.17. The van der Waals surface area contributed by atoms with Gasteiger partial charge in [-0.15, -0.1) is 0 Å². The SMILES string of the molecule is CC(NC(=O)NC(CCC(=O)O)Cc1ccccc1)c1ccc(F)cc1F. The molecule has 2 aromatic carbocycles. The molecule has 27 heavy (non-hydrogen) atoms. The fourth-order valence-corrected chi connectivity index (χ4v) is 2.78. The molecule has 2 aromatic rings. The summed E-state index contributed by atoms with van der Waals surface area (Å²) in [4.78, 5) is 23.2. The molecule has 2 rings (SSSR count). The molecule has 0 heterocycles. The number of amides is 2. The van der Waals surface area contributed by atoms with E-state index in [0.29, 0.717) is 6.42 Å². The fraction of sp³-hybridized carbons (Fsp3) is 0.300. The summed E-state index contributed by atoms with van der Waals surface area (Å²) in [7, 11) is 0. The van der Waals surface area contributed by atoms with Gasteiger partial charge in [-0.2, -0.15) is 0 Å². The first kappa shape index (κ1) is 20.4. The molecule has 0 aromatic heterocycles. The first-order chi connectivity index (χ1) is 12.8.